The van der Waals surface area contributed by atoms with Gasteiger partial charge in [0.1, 0.15) is 0 Å². The topological polar surface area (TPSA) is 89.8 Å². The van der Waals surface area contributed by atoms with E-state index in [1.165, 1.54) is 11.8 Å². The molecule has 0 aliphatic heterocycles. The molecule has 0 bridgehead atoms. The third-order valence-electron chi connectivity index (χ3n) is 4.07. The van der Waals surface area contributed by atoms with E-state index in [1.54, 1.807) is 36.7 Å². The van der Waals surface area contributed by atoms with E-state index in [1.807, 2.05) is 30.7 Å². The number of nitrogens with zero attached hydrogens (tertiary/aromatic N) is 4. The number of carbonyl (C=O) groups excluding carboxylic acids is 2. The summed E-state index contributed by atoms with van der Waals surface area (Å²) in [5, 5.41) is 11.9. The van der Waals surface area contributed by atoms with Gasteiger partial charge in [-0.3, -0.25) is 14.6 Å². The first-order chi connectivity index (χ1) is 13.6. The standard InChI is InChI=1S/C20H21N5O2S/c1-3-4-18(27)22-16-7-5-14(6-8-16)17(26)13-28-20-24-23-19(25(20)2)15-9-11-21-12-10-15/h5-12H,3-4,13H2,1-2H3,(H,22,27). The normalized spacial score (nSPS) is 10.6. The lowest BCUT2D eigenvalue weighted by Crippen LogP contribution is -2.11. The van der Waals surface area contributed by atoms with Crippen molar-refractivity contribution in [3.8, 4) is 11.4 Å². The van der Waals surface area contributed by atoms with Crippen molar-refractivity contribution >= 4 is 29.1 Å². The van der Waals surface area contributed by atoms with E-state index in [-0.39, 0.29) is 17.4 Å². The van der Waals surface area contributed by atoms with Crippen LogP contribution in [0.4, 0.5) is 5.69 Å². The summed E-state index contributed by atoms with van der Waals surface area (Å²) in [5.74, 6) is 0.947. The van der Waals surface area contributed by atoms with E-state index >= 15 is 0 Å². The summed E-state index contributed by atoms with van der Waals surface area (Å²) in [5.41, 5.74) is 2.21. The molecule has 0 atom stereocenters. The molecule has 3 rings (SSSR count). The van der Waals surface area contributed by atoms with Crippen molar-refractivity contribution in [2.45, 2.75) is 24.9 Å². The molecule has 2 heterocycles. The average Bonchev–Trinajstić information content (AvgIpc) is 3.08. The molecule has 0 radical (unpaired) electrons. The third kappa shape index (κ3) is 4.83. The Labute approximate surface area is 167 Å². The lowest BCUT2D eigenvalue weighted by molar-refractivity contribution is -0.116. The number of aromatic nitrogens is 4. The molecule has 0 aliphatic rings. The fourth-order valence-electron chi connectivity index (χ4n) is 2.60. The zero-order valence-corrected chi connectivity index (χ0v) is 16.6. The smallest absolute Gasteiger partial charge is 0.224 e. The number of nitrogens with one attached hydrogen (secondary N) is 1. The quantitative estimate of drug-likeness (QED) is 0.463. The number of thioether (sulfide) groups is 1. The van der Waals surface area contributed by atoms with Crippen LogP contribution in [0.3, 0.4) is 0 Å². The van der Waals surface area contributed by atoms with Crippen LogP contribution in [0.25, 0.3) is 11.4 Å². The van der Waals surface area contributed by atoms with Gasteiger partial charge in [-0.05, 0) is 42.8 Å². The molecule has 1 amide bonds. The average molecular weight is 395 g/mol. The first-order valence-electron chi connectivity index (χ1n) is 8.94. The number of amides is 1. The van der Waals surface area contributed by atoms with Crippen molar-refractivity contribution in [1.29, 1.82) is 0 Å². The molecule has 8 heteroatoms. The molecule has 0 saturated carbocycles. The van der Waals surface area contributed by atoms with Crippen molar-refractivity contribution < 1.29 is 9.59 Å². The minimum absolute atomic E-state index is 0.00936. The highest BCUT2D eigenvalue weighted by Crippen LogP contribution is 2.23. The van der Waals surface area contributed by atoms with Gasteiger partial charge >= 0.3 is 0 Å². The number of Topliss-reactive ketones (excluding diaryl/α,β-unsaturated/α-hetero) is 1. The Kier molecular flexibility index (Phi) is 6.54. The van der Waals surface area contributed by atoms with Gasteiger partial charge in [0.25, 0.3) is 0 Å². The third-order valence-corrected chi connectivity index (χ3v) is 5.09. The van der Waals surface area contributed by atoms with Crippen LogP contribution >= 0.6 is 11.8 Å². The van der Waals surface area contributed by atoms with Crippen LogP contribution in [0.1, 0.15) is 30.1 Å². The van der Waals surface area contributed by atoms with Gasteiger partial charge in [0.2, 0.25) is 5.91 Å². The predicted molar refractivity (Wildman–Crippen MR) is 109 cm³/mol. The first-order valence-corrected chi connectivity index (χ1v) is 9.92. The Morgan fingerprint density at radius 1 is 1.07 bits per heavy atom. The molecular weight excluding hydrogens is 374 g/mol. The molecule has 28 heavy (non-hydrogen) atoms. The SMILES string of the molecule is CCCC(=O)Nc1ccc(C(=O)CSc2nnc(-c3ccncc3)n2C)cc1. The predicted octanol–water partition coefficient (Wildman–Crippen LogP) is 3.59. The molecule has 144 valence electrons. The second-order valence-corrected chi connectivity index (χ2v) is 7.13. The van der Waals surface area contributed by atoms with Crippen LogP contribution in [0.2, 0.25) is 0 Å². The Morgan fingerprint density at radius 3 is 2.46 bits per heavy atom. The van der Waals surface area contributed by atoms with Gasteiger partial charge in [0.15, 0.2) is 16.8 Å². The Balaban J connectivity index is 1.60. The number of rotatable bonds is 8. The lowest BCUT2D eigenvalue weighted by Gasteiger charge is -2.06. The molecule has 3 aromatic rings. The van der Waals surface area contributed by atoms with Crippen molar-refractivity contribution in [2.75, 3.05) is 11.1 Å². The second-order valence-electron chi connectivity index (χ2n) is 6.19. The first kappa shape index (κ1) is 19.8. The van der Waals surface area contributed by atoms with Crippen LogP contribution in [0.5, 0.6) is 0 Å². The van der Waals surface area contributed by atoms with E-state index < -0.39 is 0 Å². The van der Waals surface area contributed by atoms with Crippen molar-refractivity contribution in [3.63, 3.8) is 0 Å². The summed E-state index contributed by atoms with van der Waals surface area (Å²) >= 11 is 1.34. The fourth-order valence-corrected chi connectivity index (χ4v) is 3.40. The highest BCUT2D eigenvalue weighted by molar-refractivity contribution is 7.99. The molecule has 0 unspecified atom stereocenters. The monoisotopic (exact) mass is 395 g/mol. The molecule has 1 aromatic carbocycles. The Bertz CT molecular complexity index is 954. The maximum Gasteiger partial charge on any atom is 0.224 e. The molecule has 0 saturated heterocycles. The number of carbonyl (C=O) groups is 2. The van der Waals surface area contributed by atoms with Gasteiger partial charge in [0, 0.05) is 42.7 Å². The van der Waals surface area contributed by atoms with Crippen LogP contribution in [0, 0.1) is 0 Å². The molecule has 1 N–H and O–H groups in total. The fraction of sp³-hybridized carbons (Fsp3) is 0.250. The molecule has 2 aromatic heterocycles. The molecule has 0 spiro atoms. The number of hydrogen-bond donors (Lipinski definition) is 1. The summed E-state index contributed by atoms with van der Waals surface area (Å²) in [7, 11) is 1.87. The molecular formula is C20H21N5O2S. The van der Waals surface area contributed by atoms with Crippen LogP contribution < -0.4 is 5.32 Å². The van der Waals surface area contributed by atoms with Gasteiger partial charge in [-0.2, -0.15) is 0 Å². The molecule has 7 nitrogen and oxygen atoms in total. The zero-order chi connectivity index (χ0) is 19.9. The van der Waals surface area contributed by atoms with Gasteiger partial charge in [0.05, 0.1) is 5.75 Å². The maximum absolute atomic E-state index is 12.5. The maximum atomic E-state index is 12.5. The van der Waals surface area contributed by atoms with Crippen molar-refractivity contribution in [1.82, 2.24) is 19.7 Å². The van der Waals surface area contributed by atoms with Gasteiger partial charge in [-0.15, -0.1) is 10.2 Å². The van der Waals surface area contributed by atoms with E-state index in [0.29, 0.717) is 22.8 Å². The number of anilines is 1. The minimum Gasteiger partial charge on any atom is -0.326 e. The number of benzene rings is 1. The largest absolute Gasteiger partial charge is 0.326 e. The van der Waals surface area contributed by atoms with Crippen molar-refractivity contribution in [3.05, 3.63) is 54.4 Å². The van der Waals surface area contributed by atoms with E-state index in [0.717, 1.165) is 17.8 Å². The summed E-state index contributed by atoms with van der Waals surface area (Å²) in [6.45, 7) is 1.95. The number of pyridine rings is 1. The highest BCUT2D eigenvalue weighted by Gasteiger charge is 2.14. The zero-order valence-electron chi connectivity index (χ0n) is 15.8. The van der Waals surface area contributed by atoms with Crippen LogP contribution in [-0.4, -0.2) is 37.2 Å². The summed E-state index contributed by atoms with van der Waals surface area (Å²) in [6.07, 6.45) is 4.68. The second kappa shape index (κ2) is 9.27. The lowest BCUT2D eigenvalue weighted by atomic mass is 10.1. The number of ketones is 1. The summed E-state index contributed by atoms with van der Waals surface area (Å²) in [6, 6.07) is 10.7. The number of hydrogen-bond acceptors (Lipinski definition) is 6. The van der Waals surface area contributed by atoms with E-state index in [9.17, 15) is 9.59 Å². The van der Waals surface area contributed by atoms with Gasteiger partial charge in [-0.1, -0.05) is 18.7 Å². The Hall–Kier alpha value is -3.00. The van der Waals surface area contributed by atoms with Gasteiger partial charge in [-0.25, -0.2) is 0 Å². The van der Waals surface area contributed by atoms with E-state index in [2.05, 4.69) is 20.5 Å². The van der Waals surface area contributed by atoms with Gasteiger partial charge < -0.3 is 9.88 Å². The minimum atomic E-state index is -0.0237. The molecule has 0 aliphatic carbocycles. The van der Waals surface area contributed by atoms with Crippen LogP contribution in [0.15, 0.2) is 53.9 Å². The van der Waals surface area contributed by atoms with Crippen LogP contribution in [-0.2, 0) is 11.8 Å². The summed E-state index contributed by atoms with van der Waals surface area (Å²) < 4.78 is 1.86. The Morgan fingerprint density at radius 2 is 1.79 bits per heavy atom. The highest BCUT2D eigenvalue weighted by atomic mass is 32.2. The van der Waals surface area contributed by atoms with Crippen molar-refractivity contribution in [2.24, 2.45) is 7.05 Å². The molecule has 0 fully saturated rings. The van der Waals surface area contributed by atoms with E-state index in [4.69, 9.17) is 0 Å². The summed E-state index contributed by atoms with van der Waals surface area (Å²) in [4.78, 5) is 28.1.